The van der Waals surface area contributed by atoms with E-state index in [2.05, 4.69) is 126 Å². The molecule has 0 spiro atoms. The van der Waals surface area contributed by atoms with Gasteiger partial charge in [-0.3, -0.25) is 0 Å². The van der Waals surface area contributed by atoms with Crippen molar-refractivity contribution in [1.82, 2.24) is 0 Å². The van der Waals surface area contributed by atoms with Gasteiger partial charge in [-0.2, -0.15) is 0 Å². The molecule has 1 aromatic heterocycles. The van der Waals surface area contributed by atoms with E-state index in [9.17, 15) is 0 Å². The number of benzene rings is 6. The second kappa shape index (κ2) is 9.85. The zero-order chi connectivity index (χ0) is 26.9. The van der Waals surface area contributed by atoms with Gasteiger partial charge in [0.15, 0.2) is 13.8 Å². The summed E-state index contributed by atoms with van der Waals surface area (Å²) in [4.78, 5) is 3.58. The molecule has 0 bridgehead atoms. The van der Waals surface area contributed by atoms with E-state index in [4.69, 9.17) is 11.0 Å². The van der Waals surface area contributed by atoms with Gasteiger partial charge in [0.25, 0.3) is 0 Å². The Balaban J connectivity index is 1.62. The minimum Gasteiger partial charge on any atom is -0.456 e. The van der Waals surface area contributed by atoms with Crippen LogP contribution in [0.4, 0.5) is 5.69 Å². The van der Waals surface area contributed by atoms with Crippen molar-refractivity contribution in [1.29, 1.82) is 0 Å². The van der Waals surface area contributed by atoms with Crippen LogP contribution in [-0.4, -0.2) is 8.07 Å². The summed E-state index contributed by atoms with van der Waals surface area (Å²) in [6.07, 6.45) is 0. The average molecular weight is 528 g/mol. The topological polar surface area (TPSA) is 17.5 Å². The second-order valence-corrected chi connectivity index (χ2v) is 13.8. The largest absolute Gasteiger partial charge is 0.456 e. The SMILES string of the molecule is [C-]#[N+]c1ccc(-c2cccc([Si](c3ccccc3)(c3ccccc3)c3cccc4oc5ccccc5c34)c2)cc1. The first kappa shape index (κ1) is 23.9. The molecule has 40 heavy (non-hydrogen) atoms. The highest BCUT2D eigenvalue weighted by atomic mass is 28.3. The van der Waals surface area contributed by atoms with E-state index < -0.39 is 8.07 Å². The lowest BCUT2D eigenvalue weighted by molar-refractivity contribution is 0.669. The fraction of sp³-hybridized carbons (Fsp3) is 0. The maximum absolute atomic E-state index is 7.35. The van der Waals surface area contributed by atoms with Gasteiger partial charge in [-0.25, -0.2) is 4.85 Å². The number of fused-ring (bicyclic) bond motifs is 3. The highest BCUT2D eigenvalue weighted by molar-refractivity contribution is 7.20. The Labute approximate surface area is 234 Å². The first-order valence-electron chi connectivity index (χ1n) is 13.4. The van der Waals surface area contributed by atoms with Crippen LogP contribution in [0.5, 0.6) is 0 Å². The van der Waals surface area contributed by atoms with Crippen LogP contribution in [0.25, 0.3) is 37.9 Å². The van der Waals surface area contributed by atoms with E-state index >= 15 is 0 Å². The quantitative estimate of drug-likeness (QED) is 0.132. The van der Waals surface area contributed by atoms with Gasteiger partial charge in [-0.1, -0.05) is 140 Å². The van der Waals surface area contributed by atoms with E-state index in [0.717, 1.165) is 27.7 Å². The maximum Gasteiger partial charge on any atom is 0.187 e. The summed E-state index contributed by atoms with van der Waals surface area (Å²) in [6.45, 7) is 7.35. The summed E-state index contributed by atoms with van der Waals surface area (Å²) < 4.78 is 6.41. The lowest BCUT2D eigenvalue weighted by atomic mass is 10.1. The molecule has 3 heteroatoms. The molecule has 2 nitrogen and oxygen atoms in total. The summed E-state index contributed by atoms with van der Waals surface area (Å²) in [5.41, 5.74) is 4.71. The highest BCUT2D eigenvalue weighted by Gasteiger charge is 2.43. The molecule has 0 atom stereocenters. The zero-order valence-electron chi connectivity index (χ0n) is 21.8. The van der Waals surface area contributed by atoms with Crippen molar-refractivity contribution in [2.75, 3.05) is 0 Å². The van der Waals surface area contributed by atoms with Gasteiger partial charge in [0.05, 0.1) is 6.57 Å². The molecule has 188 valence electrons. The number of nitrogens with zero attached hydrogens (tertiary/aromatic N) is 1. The van der Waals surface area contributed by atoms with E-state index in [1.807, 2.05) is 30.3 Å². The molecule has 0 saturated heterocycles. The summed E-state index contributed by atoms with van der Waals surface area (Å²) in [5.74, 6) is 0. The van der Waals surface area contributed by atoms with E-state index in [1.54, 1.807) is 0 Å². The molecule has 0 radical (unpaired) electrons. The molecule has 0 saturated carbocycles. The highest BCUT2D eigenvalue weighted by Crippen LogP contribution is 2.29. The average Bonchev–Trinajstić information content (AvgIpc) is 3.42. The lowest BCUT2D eigenvalue weighted by Crippen LogP contribution is -2.74. The number of hydrogen-bond acceptors (Lipinski definition) is 1. The molecule has 0 aliphatic rings. The van der Waals surface area contributed by atoms with Gasteiger partial charge in [-0.15, -0.1) is 0 Å². The molecule has 0 amide bonds. The lowest BCUT2D eigenvalue weighted by Gasteiger charge is -2.35. The Morgan fingerprint density at radius 1 is 0.500 bits per heavy atom. The molecule has 0 aliphatic carbocycles. The Bertz CT molecular complexity index is 1960. The van der Waals surface area contributed by atoms with Crippen molar-refractivity contribution in [3.05, 3.63) is 163 Å². The Morgan fingerprint density at radius 2 is 1.10 bits per heavy atom. The van der Waals surface area contributed by atoms with Crippen LogP contribution in [0.2, 0.25) is 0 Å². The van der Waals surface area contributed by atoms with Crippen LogP contribution >= 0.6 is 0 Å². The smallest absolute Gasteiger partial charge is 0.187 e. The summed E-state index contributed by atoms with van der Waals surface area (Å²) in [5, 5.41) is 7.58. The van der Waals surface area contributed by atoms with E-state index in [-0.39, 0.29) is 0 Å². The molecule has 0 unspecified atom stereocenters. The predicted molar refractivity (Wildman–Crippen MR) is 169 cm³/mol. The molecule has 6 aromatic carbocycles. The minimum absolute atomic E-state index is 0.649. The first-order valence-corrected chi connectivity index (χ1v) is 15.4. The van der Waals surface area contributed by atoms with Gasteiger partial charge >= 0.3 is 0 Å². The standard InChI is InChI=1S/C37H25NOSi/c1-38-29-24-22-27(23-25-29)28-12-10-17-32(26-28)40(30-13-4-2-5-14-30,31-15-6-3-7-16-31)36-21-11-20-35-37(36)33-18-8-9-19-34(33)39-35/h2-26H. The fourth-order valence-corrected chi connectivity index (χ4v) is 11.1. The molecule has 7 aromatic rings. The molecule has 0 fully saturated rings. The van der Waals surface area contributed by atoms with Crippen LogP contribution in [0.1, 0.15) is 0 Å². The third-order valence-electron chi connectivity index (χ3n) is 7.85. The monoisotopic (exact) mass is 527 g/mol. The van der Waals surface area contributed by atoms with Gasteiger partial charge in [0, 0.05) is 10.8 Å². The van der Waals surface area contributed by atoms with Gasteiger partial charge in [0.1, 0.15) is 11.2 Å². The van der Waals surface area contributed by atoms with Crippen molar-refractivity contribution in [2.45, 2.75) is 0 Å². The van der Waals surface area contributed by atoms with Crippen molar-refractivity contribution in [3.63, 3.8) is 0 Å². The van der Waals surface area contributed by atoms with Crippen molar-refractivity contribution in [2.24, 2.45) is 0 Å². The van der Waals surface area contributed by atoms with Gasteiger partial charge in [0.2, 0.25) is 0 Å². The molecular formula is C37H25NOSi. The third kappa shape index (κ3) is 3.78. The maximum atomic E-state index is 7.35. The second-order valence-electron chi connectivity index (χ2n) is 10.00. The van der Waals surface area contributed by atoms with E-state index in [0.29, 0.717) is 5.69 Å². The van der Waals surface area contributed by atoms with Crippen LogP contribution in [0, 0.1) is 6.57 Å². The van der Waals surface area contributed by atoms with Crippen LogP contribution in [-0.2, 0) is 0 Å². The van der Waals surface area contributed by atoms with Gasteiger partial charge in [-0.05, 0) is 44.0 Å². The zero-order valence-corrected chi connectivity index (χ0v) is 22.8. The van der Waals surface area contributed by atoms with Gasteiger partial charge < -0.3 is 4.42 Å². The van der Waals surface area contributed by atoms with Crippen molar-refractivity contribution < 1.29 is 4.42 Å². The number of rotatable bonds is 5. The normalized spacial score (nSPS) is 11.5. The number of para-hydroxylation sites is 1. The Hall–Kier alpha value is -5.17. The Kier molecular flexibility index (Phi) is 5.89. The van der Waals surface area contributed by atoms with E-state index in [1.165, 1.54) is 26.1 Å². The molecule has 7 rings (SSSR count). The fourth-order valence-electron chi connectivity index (χ4n) is 6.09. The molecule has 0 aliphatic heterocycles. The summed E-state index contributed by atoms with van der Waals surface area (Å²) >= 11 is 0. The van der Waals surface area contributed by atoms with Crippen LogP contribution in [0.3, 0.4) is 0 Å². The first-order chi connectivity index (χ1) is 19.8. The van der Waals surface area contributed by atoms with Crippen molar-refractivity contribution in [3.8, 4) is 11.1 Å². The predicted octanol–water partition coefficient (Wildman–Crippen LogP) is 7.18. The number of hydrogen-bond donors (Lipinski definition) is 0. The molecule has 1 heterocycles. The van der Waals surface area contributed by atoms with Crippen molar-refractivity contribution >= 4 is 56.4 Å². The molecular weight excluding hydrogens is 502 g/mol. The minimum atomic E-state index is -2.84. The summed E-state index contributed by atoms with van der Waals surface area (Å²) in [6, 6.07) is 53.7. The molecule has 0 N–H and O–H groups in total. The number of furan rings is 1. The Morgan fingerprint density at radius 3 is 1.80 bits per heavy atom. The van der Waals surface area contributed by atoms with Crippen LogP contribution < -0.4 is 20.7 Å². The third-order valence-corrected chi connectivity index (χ3v) is 12.6. The summed E-state index contributed by atoms with van der Waals surface area (Å²) in [7, 11) is -2.84. The van der Waals surface area contributed by atoms with Crippen LogP contribution in [0.15, 0.2) is 156 Å².